The molecule has 0 aliphatic heterocycles. The first kappa shape index (κ1) is 9.84. The molecule has 76 valence electrons. The molecule has 0 radical (unpaired) electrons. The SMILES string of the molecule is CC1CC(Nc2ccc(Br)cc2N)C1. The van der Waals surface area contributed by atoms with Crippen molar-refractivity contribution in [2.45, 2.75) is 25.8 Å². The van der Waals surface area contributed by atoms with Crippen LogP contribution in [-0.2, 0) is 0 Å². The van der Waals surface area contributed by atoms with Crippen LogP contribution in [0.4, 0.5) is 11.4 Å². The van der Waals surface area contributed by atoms with Crippen molar-refractivity contribution < 1.29 is 0 Å². The predicted octanol–water partition coefficient (Wildman–Crippen LogP) is 3.24. The van der Waals surface area contributed by atoms with Crippen molar-refractivity contribution in [2.75, 3.05) is 11.1 Å². The van der Waals surface area contributed by atoms with Crippen molar-refractivity contribution in [3.63, 3.8) is 0 Å². The minimum absolute atomic E-state index is 0.619. The van der Waals surface area contributed by atoms with E-state index in [9.17, 15) is 0 Å². The second-order valence-electron chi connectivity index (χ2n) is 4.15. The molecule has 0 spiro atoms. The number of nitrogens with two attached hydrogens (primary N) is 1. The standard InChI is InChI=1S/C11H15BrN2/c1-7-4-9(5-7)14-11-3-2-8(12)6-10(11)13/h2-3,6-7,9,14H,4-5,13H2,1H3. The van der Waals surface area contributed by atoms with Crippen molar-refractivity contribution in [2.24, 2.45) is 5.92 Å². The lowest BCUT2D eigenvalue weighted by atomic mass is 9.82. The Kier molecular flexibility index (Phi) is 2.68. The van der Waals surface area contributed by atoms with Gasteiger partial charge in [0.1, 0.15) is 0 Å². The molecule has 1 fully saturated rings. The van der Waals surface area contributed by atoms with Crippen LogP contribution in [0.25, 0.3) is 0 Å². The molecule has 3 heteroatoms. The summed E-state index contributed by atoms with van der Waals surface area (Å²) in [4.78, 5) is 0. The van der Waals surface area contributed by atoms with E-state index in [1.54, 1.807) is 0 Å². The van der Waals surface area contributed by atoms with Crippen molar-refractivity contribution >= 4 is 27.3 Å². The topological polar surface area (TPSA) is 38.0 Å². The lowest BCUT2D eigenvalue weighted by Crippen LogP contribution is -2.33. The van der Waals surface area contributed by atoms with E-state index in [0.717, 1.165) is 21.8 Å². The minimum atomic E-state index is 0.619. The minimum Gasteiger partial charge on any atom is -0.397 e. The molecule has 0 heterocycles. The molecule has 1 aliphatic rings. The zero-order valence-corrected chi connectivity index (χ0v) is 9.84. The Morgan fingerprint density at radius 2 is 2.14 bits per heavy atom. The Hall–Kier alpha value is -0.700. The van der Waals surface area contributed by atoms with Crippen LogP contribution in [0.15, 0.2) is 22.7 Å². The summed E-state index contributed by atoms with van der Waals surface area (Å²) in [6.45, 7) is 2.28. The Morgan fingerprint density at radius 3 is 2.71 bits per heavy atom. The first-order chi connectivity index (χ1) is 6.65. The second kappa shape index (κ2) is 3.81. The number of hydrogen-bond acceptors (Lipinski definition) is 2. The predicted molar refractivity (Wildman–Crippen MR) is 64.4 cm³/mol. The summed E-state index contributed by atoms with van der Waals surface area (Å²) in [6, 6.07) is 6.60. The molecule has 0 saturated heterocycles. The Morgan fingerprint density at radius 1 is 1.43 bits per heavy atom. The van der Waals surface area contributed by atoms with E-state index in [2.05, 4.69) is 28.2 Å². The van der Waals surface area contributed by atoms with E-state index >= 15 is 0 Å². The van der Waals surface area contributed by atoms with Crippen LogP contribution in [0.1, 0.15) is 19.8 Å². The van der Waals surface area contributed by atoms with Gasteiger partial charge in [-0.2, -0.15) is 0 Å². The highest BCUT2D eigenvalue weighted by atomic mass is 79.9. The van der Waals surface area contributed by atoms with E-state index in [4.69, 9.17) is 5.73 Å². The molecule has 3 N–H and O–H groups in total. The van der Waals surface area contributed by atoms with Crippen LogP contribution in [0.3, 0.4) is 0 Å². The molecule has 2 rings (SSSR count). The van der Waals surface area contributed by atoms with Crippen LogP contribution >= 0.6 is 15.9 Å². The third-order valence-electron chi connectivity index (χ3n) is 2.75. The van der Waals surface area contributed by atoms with E-state index in [0.29, 0.717) is 6.04 Å². The van der Waals surface area contributed by atoms with Crippen LogP contribution in [-0.4, -0.2) is 6.04 Å². The quantitative estimate of drug-likeness (QED) is 0.796. The summed E-state index contributed by atoms with van der Waals surface area (Å²) < 4.78 is 1.03. The summed E-state index contributed by atoms with van der Waals surface area (Å²) in [5.41, 5.74) is 7.77. The van der Waals surface area contributed by atoms with Crippen molar-refractivity contribution in [3.8, 4) is 0 Å². The molecule has 0 atom stereocenters. The van der Waals surface area contributed by atoms with Gasteiger partial charge in [0.15, 0.2) is 0 Å². The first-order valence-electron chi connectivity index (χ1n) is 4.96. The van der Waals surface area contributed by atoms with Gasteiger partial charge in [-0.05, 0) is 37.0 Å². The normalized spacial score (nSPS) is 25.6. The molecule has 1 saturated carbocycles. The highest BCUT2D eigenvalue weighted by molar-refractivity contribution is 9.10. The van der Waals surface area contributed by atoms with E-state index in [1.165, 1.54) is 12.8 Å². The fourth-order valence-electron chi connectivity index (χ4n) is 1.91. The van der Waals surface area contributed by atoms with E-state index in [-0.39, 0.29) is 0 Å². The maximum atomic E-state index is 5.89. The van der Waals surface area contributed by atoms with Gasteiger partial charge in [-0.15, -0.1) is 0 Å². The highest BCUT2D eigenvalue weighted by Gasteiger charge is 2.25. The number of anilines is 2. The zero-order valence-electron chi connectivity index (χ0n) is 8.26. The van der Waals surface area contributed by atoms with Gasteiger partial charge >= 0.3 is 0 Å². The Bertz CT molecular complexity index is 332. The molecular weight excluding hydrogens is 240 g/mol. The summed E-state index contributed by atoms with van der Waals surface area (Å²) in [6.07, 6.45) is 2.52. The fourth-order valence-corrected chi connectivity index (χ4v) is 2.28. The molecule has 0 bridgehead atoms. The number of rotatable bonds is 2. The number of hydrogen-bond donors (Lipinski definition) is 2. The molecule has 1 aliphatic carbocycles. The molecule has 0 aromatic heterocycles. The highest BCUT2D eigenvalue weighted by Crippen LogP contribution is 2.32. The maximum absolute atomic E-state index is 5.89. The van der Waals surface area contributed by atoms with Crippen LogP contribution in [0, 0.1) is 5.92 Å². The van der Waals surface area contributed by atoms with E-state index < -0.39 is 0 Å². The molecule has 2 nitrogen and oxygen atoms in total. The molecule has 0 unspecified atom stereocenters. The van der Waals surface area contributed by atoms with Crippen LogP contribution in [0.2, 0.25) is 0 Å². The van der Waals surface area contributed by atoms with Crippen LogP contribution in [0.5, 0.6) is 0 Å². The molecule has 1 aromatic rings. The average molecular weight is 255 g/mol. The molecule has 1 aromatic carbocycles. The van der Waals surface area contributed by atoms with Gasteiger partial charge in [-0.1, -0.05) is 22.9 Å². The molecular formula is C11H15BrN2. The van der Waals surface area contributed by atoms with Crippen LogP contribution < -0.4 is 11.1 Å². The summed E-state index contributed by atoms with van der Waals surface area (Å²) in [5.74, 6) is 0.865. The van der Waals surface area contributed by atoms with Gasteiger partial charge in [-0.25, -0.2) is 0 Å². The van der Waals surface area contributed by atoms with Crippen molar-refractivity contribution in [1.29, 1.82) is 0 Å². The third-order valence-corrected chi connectivity index (χ3v) is 3.24. The van der Waals surface area contributed by atoms with E-state index in [1.807, 2.05) is 18.2 Å². The third kappa shape index (κ3) is 2.03. The summed E-state index contributed by atoms with van der Waals surface area (Å²) >= 11 is 3.40. The Balaban J connectivity index is 2.02. The molecule has 14 heavy (non-hydrogen) atoms. The number of nitrogen functional groups attached to an aromatic ring is 1. The van der Waals surface area contributed by atoms with Gasteiger partial charge < -0.3 is 11.1 Å². The van der Waals surface area contributed by atoms with Crippen molar-refractivity contribution in [3.05, 3.63) is 22.7 Å². The number of nitrogens with one attached hydrogen (secondary N) is 1. The van der Waals surface area contributed by atoms with Gasteiger partial charge in [-0.3, -0.25) is 0 Å². The summed E-state index contributed by atoms with van der Waals surface area (Å²) in [5, 5.41) is 3.46. The molecule has 0 amide bonds. The van der Waals surface area contributed by atoms with Gasteiger partial charge in [0.25, 0.3) is 0 Å². The smallest absolute Gasteiger partial charge is 0.0576 e. The van der Waals surface area contributed by atoms with Crippen molar-refractivity contribution in [1.82, 2.24) is 0 Å². The average Bonchev–Trinajstić information content (AvgIpc) is 2.06. The monoisotopic (exact) mass is 254 g/mol. The number of benzene rings is 1. The lowest BCUT2D eigenvalue weighted by molar-refractivity contribution is 0.309. The largest absolute Gasteiger partial charge is 0.397 e. The van der Waals surface area contributed by atoms with Gasteiger partial charge in [0.2, 0.25) is 0 Å². The summed E-state index contributed by atoms with van der Waals surface area (Å²) in [7, 11) is 0. The second-order valence-corrected chi connectivity index (χ2v) is 5.07. The Labute approximate surface area is 93.0 Å². The zero-order chi connectivity index (χ0) is 10.1. The van der Waals surface area contributed by atoms with Gasteiger partial charge in [0, 0.05) is 10.5 Å². The number of halogens is 1. The van der Waals surface area contributed by atoms with Gasteiger partial charge in [0.05, 0.1) is 11.4 Å². The maximum Gasteiger partial charge on any atom is 0.0576 e. The lowest BCUT2D eigenvalue weighted by Gasteiger charge is -2.34. The first-order valence-corrected chi connectivity index (χ1v) is 5.76. The fraction of sp³-hybridized carbons (Fsp3) is 0.455.